The van der Waals surface area contributed by atoms with E-state index in [2.05, 4.69) is 36.1 Å². The van der Waals surface area contributed by atoms with Crippen LogP contribution >= 0.6 is 0 Å². The summed E-state index contributed by atoms with van der Waals surface area (Å²) in [6.07, 6.45) is 2.70. The highest BCUT2D eigenvalue weighted by Crippen LogP contribution is 2.31. The molecule has 1 aromatic carbocycles. The van der Waals surface area contributed by atoms with E-state index < -0.39 is 0 Å². The smallest absolute Gasteiger partial charge is 0.0368 e. The fourth-order valence-corrected chi connectivity index (χ4v) is 2.01. The lowest BCUT2D eigenvalue weighted by Gasteiger charge is -2.23. The lowest BCUT2D eigenvalue weighted by Crippen LogP contribution is -2.24. The van der Waals surface area contributed by atoms with E-state index in [-0.39, 0.29) is 6.04 Å². The molecule has 2 nitrogen and oxygen atoms in total. The second kappa shape index (κ2) is 4.23. The van der Waals surface area contributed by atoms with Crippen molar-refractivity contribution in [1.82, 2.24) is 0 Å². The highest BCUT2D eigenvalue weighted by Gasteiger charge is 2.27. The lowest BCUT2D eigenvalue weighted by atomic mass is 10.1. The molecule has 0 spiro atoms. The molecule has 2 heteroatoms. The molecule has 82 valence electrons. The van der Waals surface area contributed by atoms with Crippen LogP contribution in [0.15, 0.2) is 24.3 Å². The maximum Gasteiger partial charge on any atom is 0.0368 e. The molecule has 2 rings (SSSR count). The van der Waals surface area contributed by atoms with E-state index in [0.29, 0.717) is 0 Å². The minimum absolute atomic E-state index is 0.134. The highest BCUT2D eigenvalue weighted by molar-refractivity contribution is 5.49. The average Bonchev–Trinajstić information content (AvgIpc) is 3.04. The number of hydrogen-bond donors (Lipinski definition) is 1. The molecule has 0 heterocycles. The van der Waals surface area contributed by atoms with Crippen LogP contribution in [0.4, 0.5) is 5.69 Å². The zero-order valence-corrected chi connectivity index (χ0v) is 9.61. The number of hydrogen-bond acceptors (Lipinski definition) is 2. The summed E-state index contributed by atoms with van der Waals surface area (Å²) in [5.74, 6) is 0. The molecule has 2 N–H and O–H groups in total. The van der Waals surface area contributed by atoms with Crippen molar-refractivity contribution in [3.63, 3.8) is 0 Å². The monoisotopic (exact) mass is 204 g/mol. The molecule has 0 aromatic heterocycles. The van der Waals surface area contributed by atoms with Gasteiger partial charge in [0, 0.05) is 24.3 Å². The van der Waals surface area contributed by atoms with E-state index in [9.17, 15) is 0 Å². The molecular weight excluding hydrogens is 184 g/mol. The summed E-state index contributed by atoms with van der Waals surface area (Å²) in [5.41, 5.74) is 8.38. The van der Waals surface area contributed by atoms with Crippen LogP contribution < -0.4 is 10.6 Å². The van der Waals surface area contributed by atoms with Gasteiger partial charge in [0.2, 0.25) is 0 Å². The van der Waals surface area contributed by atoms with Gasteiger partial charge in [-0.15, -0.1) is 0 Å². The van der Waals surface area contributed by atoms with Gasteiger partial charge in [0.1, 0.15) is 0 Å². The number of rotatable bonds is 4. The first-order valence-corrected chi connectivity index (χ1v) is 5.84. The largest absolute Gasteiger partial charge is 0.369 e. The Morgan fingerprint density at radius 2 is 1.93 bits per heavy atom. The summed E-state index contributed by atoms with van der Waals surface area (Å²) in [4.78, 5) is 2.48. The first kappa shape index (κ1) is 10.5. The first-order chi connectivity index (χ1) is 7.22. The molecule has 1 aromatic rings. The molecule has 1 fully saturated rings. The molecule has 0 aliphatic heterocycles. The van der Waals surface area contributed by atoms with E-state index >= 15 is 0 Å². The van der Waals surface area contributed by atoms with E-state index in [4.69, 9.17) is 5.73 Å². The van der Waals surface area contributed by atoms with E-state index in [1.54, 1.807) is 0 Å². The minimum Gasteiger partial charge on any atom is -0.369 e. The van der Waals surface area contributed by atoms with Crippen molar-refractivity contribution in [2.75, 3.05) is 11.4 Å². The van der Waals surface area contributed by atoms with Crippen LogP contribution in [0.5, 0.6) is 0 Å². The van der Waals surface area contributed by atoms with Gasteiger partial charge >= 0.3 is 0 Å². The van der Waals surface area contributed by atoms with Crippen molar-refractivity contribution in [1.29, 1.82) is 0 Å². The molecule has 0 saturated heterocycles. The van der Waals surface area contributed by atoms with Crippen molar-refractivity contribution in [2.45, 2.75) is 38.8 Å². The summed E-state index contributed by atoms with van der Waals surface area (Å²) in [7, 11) is 0. The van der Waals surface area contributed by atoms with Gasteiger partial charge in [-0.05, 0) is 44.4 Å². The fraction of sp³-hybridized carbons (Fsp3) is 0.538. The molecule has 15 heavy (non-hydrogen) atoms. The molecule has 0 radical (unpaired) electrons. The van der Waals surface area contributed by atoms with Gasteiger partial charge in [-0.3, -0.25) is 0 Å². The molecule has 1 aliphatic rings. The maximum atomic E-state index is 5.83. The SMILES string of the molecule is CCN(c1ccc([C@H](C)N)cc1)C1CC1. The van der Waals surface area contributed by atoms with E-state index in [1.165, 1.54) is 24.1 Å². The van der Waals surface area contributed by atoms with Crippen LogP contribution in [0.25, 0.3) is 0 Å². The van der Waals surface area contributed by atoms with Crippen molar-refractivity contribution in [3.8, 4) is 0 Å². The van der Waals surface area contributed by atoms with Gasteiger partial charge in [-0.2, -0.15) is 0 Å². The standard InChI is InChI=1S/C13H20N2/c1-3-15(13-8-9-13)12-6-4-11(5-7-12)10(2)14/h4-7,10,13H,3,8-9,14H2,1-2H3/t10-/m0/s1. The predicted molar refractivity (Wildman–Crippen MR) is 65.1 cm³/mol. The van der Waals surface area contributed by atoms with Crippen LogP contribution in [-0.4, -0.2) is 12.6 Å². The third-order valence-electron chi connectivity index (χ3n) is 3.08. The zero-order valence-electron chi connectivity index (χ0n) is 9.61. The van der Waals surface area contributed by atoms with Crippen molar-refractivity contribution >= 4 is 5.69 Å². The third-order valence-corrected chi connectivity index (χ3v) is 3.08. The molecule has 1 saturated carbocycles. The lowest BCUT2D eigenvalue weighted by molar-refractivity contribution is 0.809. The van der Waals surface area contributed by atoms with Gasteiger partial charge in [0.25, 0.3) is 0 Å². The van der Waals surface area contributed by atoms with Crippen LogP contribution in [0.2, 0.25) is 0 Å². The molecule has 1 aliphatic carbocycles. The quantitative estimate of drug-likeness (QED) is 0.817. The molecular formula is C13H20N2. The van der Waals surface area contributed by atoms with Crippen LogP contribution in [0.3, 0.4) is 0 Å². The fourth-order valence-electron chi connectivity index (χ4n) is 2.01. The van der Waals surface area contributed by atoms with Crippen molar-refractivity contribution in [2.24, 2.45) is 5.73 Å². The molecule has 0 bridgehead atoms. The summed E-state index contributed by atoms with van der Waals surface area (Å²) in [5, 5.41) is 0. The Bertz CT molecular complexity index is 312. The number of anilines is 1. The Morgan fingerprint density at radius 3 is 2.33 bits per heavy atom. The number of nitrogens with zero attached hydrogens (tertiary/aromatic N) is 1. The van der Waals surface area contributed by atoms with Crippen LogP contribution in [-0.2, 0) is 0 Å². The van der Waals surface area contributed by atoms with Crippen molar-refractivity contribution < 1.29 is 0 Å². The van der Waals surface area contributed by atoms with E-state index in [1.807, 2.05) is 6.92 Å². The molecule has 1 atom stereocenters. The van der Waals surface area contributed by atoms with Crippen LogP contribution in [0, 0.1) is 0 Å². The van der Waals surface area contributed by atoms with Gasteiger partial charge in [0.15, 0.2) is 0 Å². The Labute approximate surface area is 92.1 Å². The summed E-state index contributed by atoms with van der Waals surface area (Å²) >= 11 is 0. The Kier molecular flexibility index (Phi) is 2.96. The van der Waals surface area contributed by atoms with Gasteiger partial charge in [-0.25, -0.2) is 0 Å². The maximum absolute atomic E-state index is 5.83. The topological polar surface area (TPSA) is 29.3 Å². The highest BCUT2D eigenvalue weighted by atomic mass is 15.2. The normalized spacial score (nSPS) is 17.5. The summed E-state index contributed by atoms with van der Waals surface area (Å²) < 4.78 is 0. The second-order valence-electron chi connectivity index (χ2n) is 4.40. The Balaban J connectivity index is 2.14. The summed E-state index contributed by atoms with van der Waals surface area (Å²) in [6.45, 7) is 5.34. The van der Waals surface area contributed by atoms with Gasteiger partial charge < -0.3 is 10.6 Å². The predicted octanol–water partition coefficient (Wildman–Crippen LogP) is 2.70. The first-order valence-electron chi connectivity index (χ1n) is 5.84. The van der Waals surface area contributed by atoms with Crippen molar-refractivity contribution in [3.05, 3.63) is 29.8 Å². The minimum atomic E-state index is 0.134. The third kappa shape index (κ3) is 2.32. The number of benzene rings is 1. The molecule has 0 amide bonds. The second-order valence-corrected chi connectivity index (χ2v) is 4.40. The van der Waals surface area contributed by atoms with Gasteiger partial charge in [-0.1, -0.05) is 12.1 Å². The molecule has 0 unspecified atom stereocenters. The zero-order chi connectivity index (χ0) is 10.8. The van der Waals surface area contributed by atoms with Gasteiger partial charge in [0.05, 0.1) is 0 Å². The van der Waals surface area contributed by atoms with E-state index in [0.717, 1.165) is 12.6 Å². The summed E-state index contributed by atoms with van der Waals surface area (Å²) in [6, 6.07) is 9.60. The number of nitrogens with two attached hydrogens (primary N) is 1. The Hall–Kier alpha value is -1.02. The average molecular weight is 204 g/mol. The Morgan fingerprint density at radius 1 is 1.33 bits per heavy atom. The van der Waals surface area contributed by atoms with Crippen LogP contribution in [0.1, 0.15) is 38.3 Å².